The Kier molecular flexibility index (Phi) is 7.19. The fourth-order valence-corrected chi connectivity index (χ4v) is 5.08. The third-order valence-electron chi connectivity index (χ3n) is 6.67. The first-order valence-corrected chi connectivity index (χ1v) is 12.7. The van der Waals surface area contributed by atoms with Gasteiger partial charge in [-0.2, -0.15) is 0 Å². The van der Waals surface area contributed by atoms with Crippen LogP contribution in [0.3, 0.4) is 0 Å². The van der Waals surface area contributed by atoms with Crippen molar-refractivity contribution in [2.45, 2.75) is 25.4 Å². The number of nitrogens with zero attached hydrogens (tertiary/aromatic N) is 3. The number of aryl methyl sites for hydroxylation is 1. The highest BCUT2D eigenvalue weighted by Crippen LogP contribution is 2.39. The second-order valence-corrected chi connectivity index (χ2v) is 9.47. The summed E-state index contributed by atoms with van der Waals surface area (Å²) in [5, 5.41) is 16.3. The molecule has 0 aliphatic carbocycles. The van der Waals surface area contributed by atoms with Crippen molar-refractivity contribution in [2.75, 3.05) is 11.9 Å². The number of nitrogens with one attached hydrogen (secondary N) is 2. The van der Waals surface area contributed by atoms with Crippen molar-refractivity contribution in [3.05, 3.63) is 114 Å². The van der Waals surface area contributed by atoms with Crippen LogP contribution < -0.4 is 10.6 Å². The number of hydrogen-bond acceptors (Lipinski definition) is 4. The minimum atomic E-state index is -0.972. The number of para-hydroxylation sites is 1. The fraction of sp³-hybridized carbons (Fsp3) is 0.172. The number of carboxylic acid groups (broad SMARTS) is 1. The highest BCUT2D eigenvalue weighted by atomic mass is 32.1. The molecule has 8 nitrogen and oxygen atoms in total. The number of carbonyl (C=O) groups excluding carboxylic acids is 1. The smallest absolute Gasteiger partial charge is 0.335 e. The Hall–Kier alpha value is -4.50. The number of rotatable bonds is 8. The second kappa shape index (κ2) is 10.9. The molecule has 1 aliphatic heterocycles. The Balaban J connectivity index is 1.45. The van der Waals surface area contributed by atoms with Gasteiger partial charge in [0.15, 0.2) is 5.11 Å². The minimum absolute atomic E-state index is 0.0956. The van der Waals surface area contributed by atoms with E-state index in [9.17, 15) is 14.7 Å². The zero-order valence-corrected chi connectivity index (χ0v) is 21.6. The standard InChI is InChI=1S/C29H27N5O3S/c1-19-7-2-3-8-22(19)31-25(35)15-18-34-27(26(32-29(34)38)23-9-4-5-16-30-23)24-10-6-17-33(24)21-13-11-20(12-14-21)28(36)37/h2-14,16-17,26-27H,15,18H2,1H3,(H,31,35)(H,32,38)(H,36,37)/t26-,27+/m0/s1. The van der Waals surface area contributed by atoms with Crippen LogP contribution in [0.15, 0.2) is 91.3 Å². The molecule has 1 saturated heterocycles. The highest BCUT2D eigenvalue weighted by molar-refractivity contribution is 7.80. The van der Waals surface area contributed by atoms with Crippen LogP contribution in [0.25, 0.3) is 5.69 Å². The molecule has 3 N–H and O–H groups in total. The summed E-state index contributed by atoms with van der Waals surface area (Å²) in [4.78, 5) is 30.8. The van der Waals surface area contributed by atoms with E-state index in [0.29, 0.717) is 11.7 Å². The first kappa shape index (κ1) is 25.2. The molecule has 0 saturated carbocycles. The predicted molar refractivity (Wildman–Crippen MR) is 149 cm³/mol. The molecular formula is C29H27N5O3S. The van der Waals surface area contributed by atoms with E-state index in [1.165, 1.54) is 0 Å². The molecule has 1 fully saturated rings. The van der Waals surface area contributed by atoms with E-state index in [2.05, 4.69) is 15.6 Å². The van der Waals surface area contributed by atoms with E-state index in [4.69, 9.17) is 12.2 Å². The number of pyridine rings is 1. The van der Waals surface area contributed by atoms with Gasteiger partial charge in [-0.25, -0.2) is 4.79 Å². The molecule has 2 aromatic heterocycles. The zero-order chi connectivity index (χ0) is 26.6. The van der Waals surface area contributed by atoms with Gasteiger partial charge < -0.3 is 25.2 Å². The first-order valence-electron chi connectivity index (χ1n) is 12.3. The van der Waals surface area contributed by atoms with Gasteiger partial charge in [0.1, 0.15) is 0 Å². The summed E-state index contributed by atoms with van der Waals surface area (Å²) in [6, 6.07) is 23.6. The molecule has 0 bridgehead atoms. The number of amides is 1. The monoisotopic (exact) mass is 525 g/mol. The number of carbonyl (C=O) groups is 2. The maximum absolute atomic E-state index is 12.9. The van der Waals surface area contributed by atoms with Crippen LogP contribution in [-0.4, -0.2) is 43.1 Å². The van der Waals surface area contributed by atoms with Crippen LogP contribution in [0, 0.1) is 6.92 Å². The van der Waals surface area contributed by atoms with Crippen LogP contribution in [-0.2, 0) is 4.79 Å². The van der Waals surface area contributed by atoms with Crippen molar-refractivity contribution in [3.8, 4) is 5.69 Å². The molecule has 5 rings (SSSR count). The Morgan fingerprint density at radius 1 is 1.03 bits per heavy atom. The van der Waals surface area contributed by atoms with Crippen LogP contribution >= 0.6 is 12.2 Å². The maximum atomic E-state index is 12.9. The van der Waals surface area contributed by atoms with Crippen molar-refractivity contribution in [3.63, 3.8) is 0 Å². The lowest BCUT2D eigenvalue weighted by Crippen LogP contribution is -2.33. The lowest BCUT2D eigenvalue weighted by molar-refractivity contribution is -0.116. The Labute approximate surface area is 225 Å². The number of benzene rings is 2. The summed E-state index contributed by atoms with van der Waals surface area (Å²) >= 11 is 5.76. The second-order valence-electron chi connectivity index (χ2n) is 9.09. The minimum Gasteiger partial charge on any atom is -0.478 e. The molecule has 1 aliphatic rings. The number of anilines is 1. The van der Waals surface area contributed by atoms with Crippen molar-refractivity contribution in [2.24, 2.45) is 0 Å². The molecule has 192 valence electrons. The van der Waals surface area contributed by atoms with Crippen molar-refractivity contribution in [1.82, 2.24) is 19.8 Å². The molecule has 0 radical (unpaired) electrons. The molecule has 2 atom stereocenters. The Bertz CT molecular complexity index is 1470. The van der Waals surface area contributed by atoms with Gasteiger partial charge in [0, 0.05) is 42.4 Å². The average Bonchev–Trinajstić information content (AvgIpc) is 3.53. The Morgan fingerprint density at radius 3 is 2.50 bits per heavy atom. The van der Waals surface area contributed by atoms with E-state index in [0.717, 1.165) is 28.3 Å². The van der Waals surface area contributed by atoms with Gasteiger partial charge in [-0.05, 0) is 79.3 Å². The summed E-state index contributed by atoms with van der Waals surface area (Å²) < 4.78 is 2.02. The van der Waals surface area contributed by atoms with Gasteiger partial charge >= 0.3 is 5.97 Å². The number of carboxylic acids is 1. The molecule has 38 heavy (non-hydrogen) atoms. The predicted octanol–water partition coefficient (Wildman–Crippen LogP) is 4.88. The van der Waals surface area contributed by atoms with Gasteiger partial charge in [0.2, 0.25) is 5.91 Å². The number of hydrogen-bond donors (Lipinski definition) is 3. The normalized spacial score (nSPS) is 16.8. The topological polar surface area (TPSA) is 99.5 Å². The van der Waals surface area contributed by atoms with E-state index >= 15 is 0 Å². The lowest BCUT2D eigenvalue weighted by Gasteiger charge is -2.29. The molecule has 0 spiro atoms. The van der Waals surface area contributed by atoms with Crippen LogP contribution in [0.1, 0.15) is 45.8 Å². The molecule has 2 aromatic carbocycles. The van der Waals surface area contributed by atoms with E-state index in [-0.39, 0.29) is 30.0 Å². The highest BCUT2D eigenvalue weighted by Gasteiger charge is 2.41. The molecule has 3 heterocycles. The van der Waals surface area contributed by atoms with Gasteiger partial charge in [-0.15, -0.1) is 0 Å². The number of aromatic nitrogens is 2. The van der Waals surface area contributed by atoms with Crippen LogP contribution in [0.5, 0.6) is 0 Å². The number of aromatic carboxylic acids is 1. The van der Waals surface area contributed by atoms with Crippen molar-refractivity contribution >= 4 is 34.9 Å². The molecule has 0 unspecified atom stereocenters. The SMILES string of the molecule is Cc1ccccc1NC(=O)CCN1C(=S)N[C@@H](c2ccccn2)[C@H]1c1cccn1-c1ccc(C(=O)O)cc1. The molecule has 9 heteroatoms. The largest absolute Gasteiger partial charge is 0.478 e. The fourth-order valence-electron chi connectivity index (χ4n) is 4.75. The average molecular weight is 526 g/mol. The molecular weight excluding hydrogens is 498 g/mol. The number of thiocarbonyl (C=S) groups is 1. The van der Waals surface area contributed by atoms with Crippen molar-refractivity contribution < 1.29 is 14.7 Å². The summed E-state index contributed by atoms with van der Waals surface area (Å²) in [5.74, 6) is -1.07. The first-order chi connectivity index (χ1) is 18.4. The molecule has 1 amide bonds. The van der Waals surface area contributed by atoms with Crippen LogP contribution in [0.4, 0.5) is 5.69 Å². The van der Waals surface area contributed by atoms with E-state index in [1.54, 1.807) is 30.5 Å². The Morgan fingerprint density at radius 2 is 1.79 bits per heavy atom. The van der Waals surface area contributed by atoms with Crippen LogP contribution in [0.2, 0.25) is 0 Å². The van der Waals surface area contributed by atoms with Gasteiger partial charge in [-0.1, -0.05) is 24.3 Å². The van der Waals surface area contributed by atoms with Gasteiger partial charge in [0.25, 0.3) is 0 Å². The maximum Gasteiger partial charge on any atom is 0.335 e. The van der Waals surface area contributed by atoms with E-state index < -0.39 is 5.97 Å². The third-order valence-corrected chi connectivity index (χ3v) is 7.02. The summed E-state index contributed by atoms with van der Waals surface area (Å²) in [6.45, 7) is 2.36. The van der Waals surface area contributed by atoms with Crippen molar-refractivity contribution in [1.29, 1.82) is 0 Å². The third kappa shape index (κ3) is 5.14. The summed E-state index contributed by atoms with van der Waals surface area (Å²) in [5.41, 5.74) is 4.61. The zero-order valence-electron chi connectivity index (χ0n) is 20.7. The summed E-state index contributed by atoms with van der Waals surface area (Å²) in [7, 11) is 0. The van der Waals surface area contributed by atoms with Gasteiger partial charge in [-0.3, -0.25) is 9.78 Å². The van der Waals surface area contributed by atoms with E-state index in [1.807, 2.05) is 77.2 Å². The lowest BCUT2D eigenvalue weighted by atomic mass is 10.0. The van der Waals surface area contributed by atoms with Gasteiger partial charge in [0.05, 0.1) is 23.3 Å². The quantitative estimate of drug-likeness (QED) is 0.282. The summed E-state index contributed by atoms with van der Waals surface area (Å²) in [6.07, 6.45) is 3.93. The molecule has 4 aromatic rings.